The van der Waals surface area contributed by atoms with Crippen molar-refractivity contribution in [1.82, 2.24) is 10.2 Å². The predicted octanol–water partition coefficient (Wildman–Crippen LogP) is 5.90. The van der Waals surface area contributed by atoms with Gasteiger partial charge in [-0.25, -0.2) is 4.79 Å². The molecule has 214 valence electrons. The Morgan fingerprint density at radius 1 is 1.13 bits per heavy atom. The molecule has 1 heterocycles. The van der Waals surface area contributed by atoms with Gasteiger partial charge in [0.1, 0.15) is 11.4 Å². The second kappa shape index (κ2) is 14.3. The van der Waals surface area contributed by atoms with Crippen molar-refractivity contribution in [3.8, 4) is 5.75 Å². The number of carbonyl (C=O) groups is 2. The molecule has 1 saturated heterocycles. The van der Waals surface area contributed by atoms with Gasteiger partial charge in [-0.1, -0.05) is 44.2 Å². The van der Waals surface area contributed by atoms with E-state index in [2.05, 4.69) is 19.2 Å². The fraction of sp³-hybridized carbons (Fsp3) is 0.548. The first-order valence-corrected chi connectivity index (χ1v) is 13.8. The van der Waals surface area contributed by atoms with Crippen LogP contribution in [0.25, 0.3) is 0 Å². The summed E-state index contributed by atoms with van der Waals surface area (Å²) in [7, 11) is 1.58. The van der Waals surface area contributed by atoms with Crippen LogP contribution in [0.5, 0.6) is 5.75 Å². The van der Waals surface area contributed by atoms with Crippen molar-refractivity contribution in [3.63, 3.8) is 0 Å². The number of nitrogens with one attached hydrogen (secondary N) is 1. The molecule has 1 aliphatic heterocycles. The number of ether oxygens (including phenoxy) is 4. The molecule has 0 aromatic heterocycles. The summed E-state index contributed by atoms with van der Waals surface area (Å²) in [5, 5.41) is 3.18. The highest BCUT2D eigenvalue weighted by Gasteiger charge is 2.33. The average molecular weight is 541 g/mol. The second-order valence-electron chi connectivity index (χ2n) is 11.1. The van der Waals surface area contributed by atoms with Gasteiger partial charge in [0.15, 0.2) is 6.79 Å². The zero-order valence-electron chi connectivity index (χ0n) is 24.2. The van der Waals surface area contributed by atoms with Crippen LogP contribution < -0.4 is 10.1 Å². The van der Waals surface area contributed by atoms with E-state index in [1.54, 1.807) is 18.1 Å². The van der Waals surface area contributed by atoms with E-state index in [9.17, 15) is 9.59 Å². The van der Waals surface area contributed by atoms with Gasteiger partial charge in [0.05, 0.1) is 18.8 Å². The van der Waals surface area contributed by atoms with Crippen molar-refractivity contribution < 1.29 is 28.5 Å². The van der Waals surface area contributed by atoms with E-state index < -0.39 is 11.6 Å². The van der Waals surface area contributed by atoms with Gasteiger partial charge >= 0.3 is 6.09 Å². The van der Waals surface area contributed by atoms with E-state index in [4.69, 9.17) is 18.9 Å². The Morgan fingerprint density at radius 3 is 2.54 bits per heavy atom. The molecule has 0 bridgehead atoms. The smallest absolute Gasteiger partial charge is 0.410 e. The monoisotopic (exact) mass is 540 g/mol. The lowest BCUT2D eigenvalue weighted by molar-refractivity contribution is 0.00420. The molecule has 1 aliphatic rings. The van der Waals surface area contributed by atoms with Gasteiger partial charge in [-0.2, -0.15) is 0 Å². The maximum Gasteiger partial charge on any atom is 0.410 e. The molecule has 1 unspecified atom stereocenters. The molecule has 0 radical (unpaired) electrons. The molecule has 8 heteroatoms. The molecule has 39 heavy (non-hydrogen) atoms. The summed E-state index contributed by atoms with van der Waals surface area (Å²) in [5.74, 6) is 0.687. The van der Waals surface area contributed by atoms with Crippen molar-refractivity contribution in [3.05, 3.63) is 65.2 Å². The molecule has 0 spiro atoms. The fourth-order valence-electron chi connectivity index (χ4n) is 4.54. The third-order valence-electron chi connectivity index (χ3n) is 6.81. The number of likely N-dealkylation sites (tertiary alicyclic amines) is 1. The number of rotatable bonds is 10. The molecule has 0 aliphatic carbocycles. The molecule has 2 aromatic carbocycles. The lowest BCUT2D eigenvalue weighted by atomic mass is 9.95. The van der Waals surface area contributed by atoms with Gasteiger partial charge in [-0.3, -0.25) is 4.79 Å². The highest BCUT2D eigenvalue weighted by Crippen LogP contribution is 2.30. The predicted molar refractivity (Wildman–Crippen MR) is 151 cm³/mol. The largest absolute Gasteiger partial charge is 0.467 e. The van der Waals surface area contributed by atoms with Gasteiger partial charge in [0.25, 0.3) is 5.91 Å². The minimum atomic E-state index is -0.607. The summed E-state index contributed by atoms with van der Waals surface area (Å²) in [6.45, 7) is 11.2. The minimum Gasteiger partial charge on any atom is -0.467 e. The number of carbonyl (C=O) groups excluding carboxylic acids is 2. The van der Waals surface area contributed by atoms with Gasteiger partial charge in [-0.05, 0) is 75.3 Å². The van der Waals surface area contributed by atoms with Crippen LogP contribution in [0.1, 0.15) is 81.3 Å². The number of hydrogen-bond acceptors (Lipinski definition) is 6. The summed E-state index contributed by atoms with van der Waals surface area (Å²) in [6.07, 6.45) is 1.70. The van der Waals surface area contributed by atoms with Crippen molar-refractivity contribution >= 4 is 12.0 Å². The van der Waals surface area contributed by atoms with Crippen LogP contribution in [0.3, 0.4) is 0 Å². The maximum atomic E-state index is 13.6. The normalized spacial score (nSPS) is 18.7. The van der Waals surface area contributed by atoms with E-state index in [0.717, 1.165) is 24.0 Å². The van der Waals surface area contributed by atoms with Crippen LogP contribution in [-0.2, 0) is 20.8 Å². The zero-order chi connectivity index (χ0) is 28.4. The summed E-state index contributed by atoms with van der Waals surface area (Å²) in [4.78, 5) is 28.2. The van der Waals surface area contributed by atoms with Crippen LogP contribution in [0.15, 0.2) is 48.5 Å². The summed E-state index contributed by atoms with van der Waals surface area (Å²) in [5.41, 5.74) is 1.94. The summed E-state index contributed by atoms with van der Waals surface area (Å²) < 4.78 is 22.8. The quantitative estimate of drug-likeness (QED) is 0.378. The van der Waals surface area contributed by atoms with E-state index in [-0.39, 0.29) is 30.8 Å². The Balaban J connectivity index is 1.82. The maximum absolute atomic E-state index is 13.6. The summed E-state index contributed by atoms with van der Waals surface area (Å²) in [6, 6.07) is 15.0. The number of nitrogens with zero attached hydrogens (tertiary/aromatic N) is 1. The van der Waals surface area contributed by atoms with Crippen LogP contribution in [0.2, 0.25) is 0 Å². The standard InChI is InChI=1S/C31H44N2O6/c1-7-22(2)25-18-24(15-16-27(25)38-21-36-6)29(34)32-26-19-33(30(35)39-31(3,4)5)17-11-14-28(26)37-20-23-12-9-8-10-13-23/h8-10,12-13,15-16,18,22,26,28H,7,11,14,17,19-21H2,1-6H3,(H,32,34)/t22?,26-,28-/m1/s1. The topological polar surface area (TPSA) is 86.3 Å². The molecule has 8 nitrogen and oxygen atoms in total. The lowest BCUT2D eigenvalue weighted by Gasteiger charge is -2.31. The van der Waals surface area contributed by atoms with Gasteiger partial charge in [-0.15, -0.1) is 0 Å². The Bertz CT molecular complexity index is 1070. The zero-order valence-corrected chi connectivity index (χ0v) is 24.2. The van der Waals surface area contributed by atoms with E-state index >= 15 is 0 Å². The molecule has 1 N–H and O–H groups in total. The highest BCUT2D eigenvalue weighted by atomic mass is 16.7. The lowest BCUT2D eigenvalue weighted by Crippen LogP contribution is -2.51. The second-order valence-corrected chi connectivity index (χ2v) is 11.1. The van der Waals surface area contributed by atoms with Crippen molar-refractivity contribution in [2.24, 2.45) is 0 Å². The van der Waals surface area contributed by atoms with E-state index in [1.165, 1.54) is 0 Å². The molecule has 3 atom stereocenters. The third-order valence-corrected chi connectivity index (χ3v) is 6.81. The Morgan fingerprint density at radius 2 is 1.87 bits per heavy atom. The fourth-order valence-corrected chi connectivity index (χ4v) is 4.54. The Kier molecular flexibility index (Phi) is 11.2. The molecule has 2 aromatic rings. The van der Waals surface area contributed by atoms with Crippen molar-refractivity contribution in [2.75, 3.05) is 27.0 Å². The van der Waals surface area contributed by atoms with Crippen LogP contribution in [0, 0.1) is 0 Å². The van der Waals surface area contributed by atoms with E-state index in [0.29, 0.717) is 37.4 Å². The van der Waals surface area contributed by atoms with E-state index in [1.807, 2.05) is 63.2 Å². The van der Waals surface area contributed by atoms with Crippen LogP contribution >= 0.6 is 0 Å². The van der Waals surface area contributed by atoms with Crippen molar-refractivity contribution in [1.29, 1.82) is 0 Å². The first-order chi connectivity index (χ1) is 18.6. The summed E-state index contributed by atoms with van der Waals surface area (Å²) >= 11 is 0. The van der Waals surface area contributed by atoms with Gasteiger partial charge in [0.2, 0.25) is 0 Å². The number of hydrogen-bond donors (Lipinski definition) is 1. The average Bonchev–Trinajstić information content (AvgIpc) is 3.12. The van der Waals surface area contributed by atoms with Crippen LogP contribution in [-0.4, -0.2) is 61.6 Å². The SMILES string of the molecule is CCC(C)c1cc(C(=O)N[C@@H]2CN(C(=O)OC(C)(C)C)CCC[C@H]2OCc2ccccc2)ccc1OCOC. The number of amides is 2. The third kappa shape index (κ3) is 9.25. The number of methoxy groups -OCH3 is 1. The van der Waals surface area contributed by atoms with Gasteiger partial charge < -0.3 is 29.2 Å². The molecule has 1 fully saturated rings. The van der Waals surface area contributed by atoms with Gasteiger partial charge in [0, 0.05) is 25.8 Å². The molecule has 0 saturated carbocycles. The Labute approximate surface area is 233 Å². The highest BCUT2D eigenvalue weighted by molar-refractivity contribution is 5.95. The number of benzene rings is 2. The van der Waals surface area contributed by atoms with Crippen LogP contribution in [0.4, 0.5) is 4.79 Å². The molecule has 3 rings (SSSR count). The molecular formula is C31H44N2O6. The minimum absolute atomic E-state index is 0.137. The van der Waals surface area contributed by atoms with Crippen molar-refractivity contribution in [2.45, 2.75) is 84.2 Å². The first-order valence-electron chi connectivity index (χ1n) is 13.8. The Hall–Kier alpha value is -3.10. The first kappa shape index (κ1) is 30.4. The molecular weight excluding hydrogens is 496 g/mol. The molecule has 2 amide bonds.